The van der Waals surface area contributed by atoms with Crippen LogP contribution in [-0.4, -0.2) is 84.6 Å². The minimum Gasteiger partial charge on any atom is -0.507 e. The summed E-state index contributed by atoms with van der Waals surface area (Å²) in [5.74, 6) is -3.06. The molecule has 0 spiro atoms. The summed E-state index contributed by atoms with van der Waals surface area (Å²) >= 11 is 6.00. The van der Waals surface area contributed by atoms with Gasteiger partial charge in [-0.1, -0.05) is 67.4 Å². The van der Waals surface area contributed by atoms with E-state index in [-0.39, 0.29) is 30.4 Å². The molecule has 1 saturated carbocycles. The maximum absolute atomic E-state index is 13.9. The fourth-order valence-electron chi connectivity index (χ4n) is 6.68. The molecule has 4 aromatic rings. The summed E-state index contributed by atoms with van der Waals surface area (Å²) in [6.45, 7) is 3.15. The molecule has 0 aromatic heterocycles. The summed E-state index contributed by atoms with van der Waals surface area (Å²) in [6, 6.07) is 22.2. The van der Waals surface area contributed by atoms with Gasteiger partial charge in [-0.3, -0.25) is 28.8 Å². The van der Waals surface area contributed by atoms with Crippen LogP contribution in [-0.2, 0) is 30.4 Å². The molecule has 13 nitrogen and oxygen atoms in total. The summed E-state index contributed by atoms with van der Waals surface area (Å²) in [5, 5.41) is 22.1. The lowest BCUT2D eigenvalue weighted by molar-refractivity contribution is -0.139. The maximum Gasteiger partial charge on any atom is 0.251 e. The number of nitrogens with zero attached hydrogens (tertiary/aromatic N) is 1. The minimum absolute atomic E-state index is 0.0270. The average Bonchev–Trinajstić information content (AvgIpc) is 4.08. The molecule has 14 heteroatoms. The van der Waals surface area contributed by atoms with E-state index in [2.05, 4.69) is 28.2 Å². The van der Waals surface area contributed by atoms with Crippen molar-refractivity contribution in [2.24, 2.45) is 5.73 Å². The van der Waals surface area contributed by atoms with Gasteiger partial charge in [0.05, 0.1) is 19.6 Å². The highest BCUT2D eigenvalue weighted by atomic mass is 35.5. The number of carbonyl (C=O) groups is 6. The zero-order chi connectivity index (χ0) is 42.6. The lowest BCUT2D eigenvalue weighted by Gasteiger charge is -2.29. The van der Waals surface area contributed by atoms with Crippen molar-refractivity contribution in [1.29, 1.82) is 0 Å². The molecular weight excluding hydrogens is 772 g/mol. The number of likely N-dealkylation sites (N-methyl/N-ethyl adjacent to an activating group) is 1. The smallest absolute Gasteiger partial charge is 0.251 e. The number of nitrogens with one attached hydrogen (secondary N) is 4. The van der Waals surface area contributed by atoms with Crippen molar-refractivity contribution in [1.82, 2.24) is 26.2 Å². The van der Waals surface area contributed by atoms with E-state index in [0.29, 0.717) is 32.8 Å². The number of benzene rings is 4. The summed E-state index contributed by atoms with van der Waals surface area (Å²) in [4.78, 5) is 79.7. The van der Waals surface area contributed by atoms with Gasteiger partial charge < -0.3 is 37.0 Å². The second-order valence-corrected chi connectivity index (χ2v) is 15.2. The van der Waals surface area contributed by atoms with E-state index in [0.717, 1.165) is 36.1 Å². The van der Waals surface area contributed by atoms with Crippen molar-refractivity contribution in [3.8, 4) is 28.0 Å². The number of rotatable bonds is 11. The Morgan fingerprint density at radius 3 is 2.17 bits per heavy atom. The summed E-state index contributed by atoms with van der Waals surface area (Å²) < 4.78 is 0. The molecule has 0 saturated heterocycles. The molecular formula is C45H51ClN6O7. The summed E-state index contributed by atoms with van der Waals surface area (Å²) in [5.41, 5.74) is 10.4. The molecule has 1 fully saturated rings. The second kappa shape index (κ2) is 20.6. The van der Waals surface area contributed by atoms with E-state index >= 15 is 0 Å². The number of fused-ring (bicyclic) bond motifs is 5. The Kier molecular flexibility index (Phi) is 15.4. The number of aromatic hydroxyl groups is 1. The Labute approximate surface area is 349 Å². The van der Waals surface area contributed by atoms with Crippen LogP contribution in [0, 0.1) is 0 Å². The summed E-state index contributed by atoms with van der Waals surface area (Å²) in [7, 11) is 1.44. The van der Waals surface area contributed by atoms with E-state index in [1.165, 1.54) is 37.8 Å². The molecule has 4 bridgehead atoms. The van der Waals surface area contributed by atoms with Gasteiger partial charge in [-0.25, -0.2) is 0 Å². The first-order valence-electron chi connectivity index (χ1n) is 19.7. The number of phenolic OH excluding ortho intramolecular Hbond substituents is 1. The van der Waals surface area contributed by atoms with Crippen LogP contribution in [0.3, 0.4) is 0 Å². The van der Waals surface area contributed by atoms with Crippen LogP contribution in [0.1, 0.15) is 78.5 Å². The van der Waals surface area contributed by atoms with E-state index in [1.807, 2.05) is 18.2 Å². The Hall–Kier alpha value is -6.05. The largest absolute Gasteiger partial charge is 0.507 e. The van der Waals surface area contributed by atoms with Crippen molar-refractivity contribution in [2.75, 3.05) is 33.2 Å². The number of phenols is 1. The molecule has 0 radical (unpaired) electrons. The third-order valence-corrected chi connectivity index (χ3v) is 10.4. The first-order chi connectivity index (χ1) is 28.3. The predicted molar refractivity (Wildman–Crippen MR) is 227 cm³/mol. The Balaban J connectivity index is 0.00000125. The minimum atomic E-state index is -1.24. The fourth-order valence-corrected chi connectivity index (χ4v) is 6.81. The second-order valence-electron chi connectivity index (χ2n) is 14.8. The van der Waals surface area contributed by atoms with Gasteiger partial charge in [-0.15, -0.1) is 0 Å². The third kappa shape index (κ3) is 12.0. The molecule has 310 valence electrons. The molecule has 6 rings (SSSR count). The topological polar surface area (TPSA) is 200 Å². The lowest BCUT2D eigenvalue weighted by atomic mass is 9.90. The molecule has 4 aromatic carbocycles. The highest BCUT2D eigenvalue weighted by molar-refractivity contribution is 6.30. The van der Waals surface area contributed by atoms with Gasteiger partial charge in [0, 0.05) is 29.6 Å². The molecule has 1 heterocycles. The molecule has 7 N–H and O–H groups in total. The van der Waals surface area contributed by atoms with E-state index in [9.17, 15) is 33.9 Å². The number of amides is 5. The average molecular weight is 823 g/mol. The van der Waals surface area contributed by atoms with Gasteiger partial charge in [0.2, 0.25) is 23.6 Å². The maximum atomic E-state index is 13.9. The van der Waals surface area contributed by atoms with E-state index in [4.69, 9.17) is 17.3 Å². The first kappa shape index (κ1) is 44.1. The molecule has 1 aliphatic heterocycles. The highest BCUT2D eigenvalue weighted by Crippen LogP contribution is 2.47. The number of hydrogen-bond donors (Lipinski definition) is 6. The van der Waals surface area contributed by atoms with Gasteiger partial charge in [-0.05, 0) is 114 Å². The van der Waals surface area contributed by atoms with Crippen LogP contribution < -0.4 is 27.0 Å². The number of unbranched alkanes of at least 4 members (excludes halogenated alkanes) is 1. The Morgan fingerprint density at radius 1 is 0.881 bits per heavy atom. The molecule has 2 unspecified atom stereocenters. The fraction of sp³-hybridized carbons (Fsp3) is 0.333. The normalized spacial score (nSPS) is 16.2. The number of halogens is 1. The van der Waals surface area contributed by atoms with Crippen LogP contribution in [0.2, 0.25) is 5.02 Å². The van der Waals surface area contributed by atoms with Crippen LogP contribution in [0.5, 0.6) is 5.75 Å². The monoisotopic (exact) mass is 822 g/mol. The molecule has 2 aliphatic rings. The van der Waals surface area contributed by atoms with Crippen molar-refractivity contribution in [3.05, 3.63) is 112 Å². The van der Waals surface area contributed by atoms with Gasteiger partial charge in [0.25, 0.3) is 5.91 Å². The Morgan fingerprint density at radius 2 is 1.56 bits per heavy atom. The first-order valence-corrected chi connectivity index (χ1v) is 20.1. The Bertz CT molecular complexity index is 2170. The van der Waals surface area contributed by atoms with Crippen molar-refractivity contribution in [3.63, 3.8) is 0 Å². The van der Waals surface area contributed by atoms with Gasteiger partial charge in [0.15, 0.2) is 0 Å². The van der Waals surface area contributed by atoms with Gasteiger partial charge >= 0.3 is 0 Å². The van der Waals surface area contributed by atoms with Crippen molar-refractivity contribution >= 4 is 46.9 Å². The SMILES string of the molecule is CC(=O)CNC(=O)C1Cc2ccc(O)c(c2)-c2cc(ccc2C2CC2)C(N(C)C(=O)CNC(=O)c2ccc(-c3ccc(Cl)cc3)cc2)C(=O)NCC(=O)N1.CCCCN. The van der Waals surface area contributed by atoms with Crippen LogP contribution in [0.25, 0.3) is 22.3 Å². The van der Waals surface area contributed by atoms with Crippen LogP contribution >= 0.6 is 11.6 Å². The van der Waals surface area contributed by atoms with Gasteiger partial charge in [-0.2, -0.15) is 0 Å². The van der Waals surface area contributed by atoms with Crippen LogP contribution in [0.4, 0.5) is 0 Å². The van der Waals surface area contributed by atoms with E-state index in [1.54, 1.807) is 60.7 Å². The molecule has 1 aliphatic carbocycles. The molecule has 5 amide bonds. The number of carbonyl (C=O) groups excluding carboxylic acids is 6. The quantitative estimate of drug-likeness (QED) is 0.124. The number of nitrogens with two attached hydrogens (primary N) is 1. The third-order valence-electron chi connectivity index (χ3n) is 10.1. The number of ketones is 1. The van der Waals surface area contributed by atoms with Crippen LogP contribution in [0.15, 0.2) is 84.9 Å². The number of Topliss-reactive ketones (excluding diaryl/α,β-unsaturated/α-hetero) is 1. The zero-order valence-electron chi connectivity index (χ0n) is 33.5. The standard InChI is InChI=1S/C41H40ClN5O7.C4H11N/c1-23(48)20-43-40(53)34-18-24-3-16-35(49)33(17-24)32-19-29(12-15-31(32)27-6-7-27)38(41(54)44-21-36(50)46-34)47(2)37(51)22-45-39(52)28-8-4-25(5-9-28)26-10-13-30(42)14-11-26;1-2-3-4-5/h3-5,8-17,19,27,34,38,49H,6-7,18,20-22H2,1-2H3,(H,43,53)(H,44,54)(H,45,52)(H,46,50);2-5H2,1H3. The lowest BCUT2D eigenvalue weighted by Crippen LogP contribution is -2.52. The molecule has 2 atom stereocenters. The van der Waals surface area contributed by atoms with Crippen molar-refractivity contribution < 1.29 is 33.9 Å². The predicted octanol–water partition coefficient (Wildman–Crippen LogP) is 4.79. The van der Waals surface area contributed by atoms with E-state index < -0.39 is 54.7 Å². The summed E-state index contributed by atoms with van der Waals surface area (Å²) in [6.07, 6.45) is 4.33. The molecule has 59 heavy (non-hydrogen) atoms. The zero-order valence-corrected chi connectivity index (χ0v) is 34.2. The highest BCUT2D eigenvalue weighted by Gasteiger charge is 2.33. The van der Waals surface area contributed by atoms with Crippen molar-refractivity contribution in [2.45, 2.75) is 64.0 Å². The number of hydrogen-bond acceptors (Lipinski definition) is 8. The van der Waals surface area contributed by atoms with Gasteiger partial charge in [0.1, 0.15) is 23.6 Å².